The molecule has 13 nitrogen and oxygen atoms in total. The molecule has 0 atom stereocenters. The number of ether oxygens (including phenoxy) is 3. The predicted octanol–water partition coefficient (Wildman–Crippen LogP) is 11.2. The summed E-state index contributed by atoms with van der Waals surface area (Å²) in [4.78, 5) is 0.825. The average molecular weight is 931 g/mol. The third-order valence-electron chi connectivity index (χ3n) is 9.00. The first-order valence-corrected chi connectivity index (χ1v) is 24.1. The summed E-state index contributed by atoms with van der Waals surface area (Å²) in [6.45, 7) is 3.65. The van der Waals surface area contributed by atoms with E-state index in [1.165, 1.54) is 54.2 Å². The second kappa shape index (κ2) is 18.7. The van der Waals surface area contributed by atoms with Gasteiger partial charge in [0.15, 0.2) is 0 Å². The number of rotatable bonds is 16. The van der Waals surface area contributed by atoms with E-state index in [1.54, 1.807) is 67.6 Å². The minimum Gasteiger partial charge on any atom is -0.457 e. The number of hydrogen-bond acceptors (Lipinski definition) is 14. The first-order chi connectivity index (χ1) is 29.6. The Bertz CT molecular complexity index is 3030. The average Bonchev–Trinajstić information content (AvgIpc) is 3.25. The highest BCUT2D eigenvalue weighted by Gasteiger charge is 2.26. The molecule has 0 unspecified atom stereocenters. The van der Waals surface area contributed by atoms with E-state index in [-0.39, 0.29) is 26.2 Å². The maximum Gasteiger partial charge on any atom is 0.298 e. The van der Waals surface area contributed by atoms with Crippen LogP contribution in [0.1, 0.15) is 11.1 Å². The van der Waals surface area contributed by atoms with E-state index in [1.807, 2.05) is 43.3 Å². The SMILES string of the molecule is Cc1ccc(Oc2ccc(S(=O)(=O)c3ccc(Oc4ccc(Sc5ccc(Oc6ccc(S(=O)(=O)c7ccc(C)c(SOOO)c7)cc6S(=O)(=O)O)cc5)cc4)cc3)cc2)cc1. The Labute approximate surface area is 366 Å². The van der Waals surface area contributed by atoms with E-state index in [4.69, 9.17) is 19.5 Å². The molecule has 7 rings (SSSR count). The molecule has 0 bridgehead atoms. The summed E-state index contributed by atoms with van der Waals surface area (Å²) in [5, 5.41) is 12.1. The number of benzene rings is 7. The van der Waals surface area contributed by atoms with Crippen LogP contribution in [-0.4, -0.2) is 35.1 Å². The van der Waals surface area contributed by atoms with Gasteiger partial charge in [-0.05, 0) is 159 Å². The van der Waals surface area contributed by atoms with Gasteiger partial charge in [0, 0.05) is 14.7 Å². The normalized spacial score (nSPS) is 11.9. The summed E-state index contributed by atoms with van der Waals surface area (Å²) in [5.74, 6) is 2.04. The molecule has 18 heteroatoms. The van der Waals surface area contributed by atoms with Gasteiger partial charge >= 0.3 is 0 Å². The summed E-state index contributed by atoms with van der Waals surface area (Å²) < 4.78 is 110. The molecule has 318 valence electrons. The highest BCUT2D eigenvalue weighted by molar-refractivity contribution is 7.99. The van der Waals surface area contributed by atoms with Crippen molar-refractivity contribution in [1.82, 2.24) is 0 Å². The molecule has 0 spiro atoms. The van der Waals surface area contributed by atoms with E-state index in [0.29, 0.717) is 45.5 Å². The zero-order chi connectivity index (χ0) is 44.1. The van der Waals surface area contributed by atoms with E-state index in [2.05, 4.69) is 9.37 Å². The van der Waals surface area contributed by atoms with Gasteiger partial charge in [-0.3, -0.25) is 4.55 Å². The second-order valence-corrected chi connectivity index (χ2v) is 20.5. The largest absolute Gasteiger partial charge is 0.457 e. The van der Waals surface area contributed by atoms with E-state index in [9.17, 15) is 29.8 Å². The molecule has 0 saturated heterocycles. The van der Waals surface area contributed by atoms with Crippen LogP contribution in [-0.2, 0) is 39.2 Å². The lowest BCUT2D eigenvalue weighted by atomic mass is 10.2. The van der Waals surface area contributed by atoms with Crippen molar-refractivity contribution in [2.45, 2.75) is 53.0 Å². The third kappa shape index (κ3) is 10.7. The minimum absolute atomic E-state index is 0.110. The second-order valence-electron chi connectivity index (χ2n) is 13.4. The Balaban J connectivity index is 0.964. The van der Waals surface area contributed by atoms with Crippen molar-refractivity contribution >= 4 is 53.6 Å². The molecule has 0 aliphatic rings. The van der Waals surface area contributed by atoms with Crippen molar-refractivity contribution in [2.75, 3.05) is 0 Å². The van der Waals surface area contributed by atoms with Crippen LogP contribution in [0.4, 0.5) is 0 Å². The molecular formula is C44H34O13S5. The lowest BCUT2D eigenvalue weighted by molar-refractivity contribution is -0.432. The van der Waals surface area contributed by atoms with Crippen LogP contribution in [0.5, 0.6) is 34.5 Å². The highest BCUT2D eigenvalue weighted by Crippen LogP contribution is 2.37. The van der Waals surface area contributed by atoms with Crippen LogP contribution in [0, 0.1) is 13.8 Å². The maximum atomic E-state index is 13.5. The monoisotopic (exact) mass is 930 g/mol. The van der Waals surface area contributed by atoms with E-state index >= 15 is 0 Å². The molecule has 0 aliphatic carbocycles. The molecule has 0 saturated carbocycles. The molecule has 62 heavy (non-hydrogen) atoms. The lowest BCUT2D eigenvalue weighted by Gasteiger charge is -2.13. The molecule has 7 aromatic rings. The van der Waals surface area contributed by atoms with Crippen molar-refractivity contribution in [2.24, 2.45) is 0 Å². The number of aryl methyl sites for hydroxylation is 2. The molecule has 0 amide bonds. The fourth-order valence-corrected chi connectivity index (χ4v) is 10.4. The van der Waals surface area contributed by atoms with Gasteiger partial charge in [0.2, 0.25) is 19.7 Å². The Morgan fingerprint density at radius 3 is 1.35 bits per heavy atom. The Hall–Kier alpha value is -5.67. The first-order valence-electron chi connectivity index (χ1n) is 18.1. The Kier molecular flexibility index (Phi) is 13.4. The quantitative estimate of drug-likeness (QED) is 0.0403. The zero-order valence-corrected chi connectivity index (χ0v) is 36.5. The number of hydrogen-bond donors (Lipinski definition) is 2. The first kappa shape index (κ1) is 44.4. The van der Waals surface area contributed by atoms with Gasteiger partial charge < -0.3 is 14.2 Å². The van der Waals surface area contributed by atoms with Crippen LogP contribution in [0.25, 0.3) is 0 Å². The smallest absolute Gasteiger partial charge is 0.298 e. The molecule has 0 fully saturated rings. The van der Waals surface area contributed by atoms with Crippen molar-refractivity contribution in [3.05, 3.63) is 169 Å². The van der Waals surface area contributed by atoms with Crippen LogP contribution in [0.15, 0.2) is 197 Å². The molecular weight excluding hydrogens is 897 g/mol. The fourth-order valence-electron chi connectivity index (χ4n) is 5.77. The third-order valence-corrected chi connectivity index (χ3v) is 15.2. The summed E-state index contributed by atoms with van der Waals surface area (Å²) in [7, 11) is -13.0. The van der Waals surface area contributed by atoms with Crippen LogP contribution in [0.3, 0.4) is 0 Å². The molecule has 0 aromatic heterocycles. The maximum absolute atomic E-state index is 13.5. The minimum atomic E-state index is -4.95. The van der Waals surface area contributed by atoms with Crippen molar-refractivity contribution in [3.63, 3.8) is 0 Å². The molecule has 0 heterocycles. The Morgan fingerprint density at radius 1 is 0.468 bits per heavy atom. The number of sulfone groups is 2. The fraction of sp³-hybridized carbons (Fsp3) is 0.0455. The summed E-state index contributed by atoms with van der Waals surface area (Å²) >= 11 is 1.99. The van der Waals surface area contributed by atoms with Gasteiger partial charge in [-0.1, -0.05) is 40.6 Å². The van der Waals surface area contributed by atoms with Crippen LogP contribution >= 0.6 is 23.8 Å². The lowest BCUT2D eigenvalue weighted by Crippen LogP contribution is -2.07. The van der Waals surface area contributed by atoms with Crippen LogP contribution < -0.4 is 14.2 Å². The zero-order valence-electron chi connectivity index (χ0n) is 32.4. The topological polar surface area (TPSA) is 189 Å². The standard InChI is InChI=1S/C44H34O13S5/c1-29-3-6-31(7-4-29)53-33-12-21-38(22-13-33)60(46,47)39-23-14-34(15-24-39)54-32-8-16-36(17-9-32)58-37-18-10-35(11-19-37)55-42-26-25-41(28-44(42)62(50,51)52)61(48,49)40-20-5-30(2)43(27-40)59-57-56-45/h3-28,45H,1-2H3,(H,50,51,52). The summed E-state index contributed by atoms with van der Waals surface area (Å²) in [6.07, 6.45) is 0. The molecule has 0 aliphatic heterocycles. The molecule has 2 N–H and O–H groups in total. The van der Waals surface area contributed by atoms with Gasteiger partial charge in [0.1, 0.15) is 39.4 Å². The molecule has 7 aromatic carbocycles. The van der Waals surface area contributed by atoms with Gasteiger partial charge in [-0.15, -0.1) is 4.33 Å². The summed E-state index contributed by atoms with van der Waals surface area (Å²) in [5.41, 5.74) is 1.72. The van der Waals surface area contributed by atoms with Crippen LogP contribution in [0.2, 0.25) is 0 Å². The van der Waals surface area contributed by atoms with Gasteiger partial charge in [0.25, 0.3) is 10.1 Å². The van der Waals surface area contributed by atoms with Crippen molar-refractivity contribution < 1.29 is 58.6 Å². The summed E-state index contributed by atoms with van der Waals surface area (Å²) in [6, 6.07) is 40.9. The molecule has 0 radical (unpaired) electrons. The van der Waals surface area contributed by atoms with Crippen molar-refractivity contribution in [3.8, 4) is 34.5 Å². The van der Waals surface area contributed by atoms with E-state index < -0.39 is 39.6 Å². The van der Waals surface area contributed by atoms with E-state index in [0.717, 1.165) is 33.6 Å². The predicted molar refractivity (Wildman–Crippen MR) is 230 cm³/mol. The van der Waals surface area contributed by atoms with Gasteiger partial charge in [-0.25, -0.2) is 22.1 Å². The van der Waals surface area contributed by atoms with Crippen molar-refractivity contribution in [1.29, 1.82) is 0 Å². The van der Waals surface area contributed by atoms with Gasteiger partial charge in [0.05, 0.1) is 31.6 Å². The van der Waals surface area contributed by atoms with Gasteiger partial charge in [-0.2, -0.15) is 8.42 Å². The highest BCUT2D eigenvalue weighted by atomic mass is 32.2. The Morgan fingerprint density at radius 2 is 0.871 bits per heavy atom.